The number of hydrogen-bond acceptors (Lipinski definition) is 4. The summed E-state index contributed by atoms with van der Waals surface area (Å²) in [5, 5.41) is 17.3. The molecule has 0 bridgehead atoms. The highest BCUT2D eigenvalue weighted by molar-refractivity contribution is 5.98. The molecule has 0 radical (unpaired) electrons. The van der Waals surface area contributed by atoms with E-state index in [2.05, 4.69) is 15.6 Å². The van der Waals surface area contributed by atoms with Crippen LogP contribution in [-0.2, 0) is 6.54 Å². The Morgan fingerprint density at radius 2 is 2.25 bits per heavy atom. The smallest absolute Gasteiger partial charge is 0.335 e. The van der Waals surface area contributed by atoms with Crippen LogP contribution in [0.25, 0.3) is 0 Å². The average Bonchev–Trinajstić information content (AvgIpc) is 2.94. The molecule has 0 saturated heterocycles. The Balaban J connectivity index is 2.12. The molecule has 2 rings (SSSR count). The van der Waals surface area contributed by atoms with Crippen molar-refractivity contribution in [2.75, 3.05) is 5.43 Å². The van der Waals surface area contributed by atoms with Gasteiger partial charge in [-0.2, -0.15) is 10.2 Å². The van der Waals surface area contributed by atoms with Gasteiger partial charge in [-0.15, -0.1) is 0 Å². The Kier molecular flexibility index (Phi) is 4.14. The van der Waals surface area contributed by atoms with Crippen molar-refractivity contribution in [3.63, 3.8) is 0 Å². The minimum absolute atomic E-state index is 0.224. The molecule has 0 aliphatic heterocycles. The number of hydrogen-bond donors (Lipinski definition) is 2. The standard InChI is InChI=1S/C14H16N4O2/c1-3-18-9-12(8-15-18)10(2)16-17-13-6-4-5-11(7-13)14(19)20/h4-9,17H,3H2,1-2H3,(H,19,20). The first-order valence-electron chi connectivity index (χ1n) is 6.26. The van der Waals surface area contributed by atoms with Crippen molar-refractivity contribution in [1.29, 1.82) is 0 Å². The molecule has 0 saturated carbocycles. The van der Waals surface area contributed by atoms with Crippen LogP contribution >= 0.6 is 0 Å². The van der Waals surface area contributed by atoms with Crippen molar-refractivity contribution in [2.24, 2.45) is 5.10 Å². The number of carboxylic acids is 1. The Bertz CT molecular complexity index is 646. The number of benzene rings is 1. The maximum atomic E-state index is 10.9. The molecular formula is C14H16N4O2. The second-order valence-corrected chi connectivity index (χ2v) is 4.28. The van der Waals surface area contributed by atoms with E-state index in [1.54, 1.807) is 18.3 Å². The maximum absolute atomic E-state index is 10.9. The summed E-state index contributed by atoms with van der Waals surface area (Å²) in [6.45, 7) is 4.69. The number of rotatable bonds is 5. The molecule has 104 valence electrons. The molecule has 1 aromatic carbocycles. The summed E-state index contributed by atoms with van der Waals surface area (Å²) in [7, 11) is 0. The van der Waals surface area contributed by atoms with Crippen molar-refractivity contribution in [3.05, 3.63) is 47.8 Å². The van der Waals surface area contributed by atoms with Crippen LogP contribution in [-0.4, -0.2) is 26.6 Å². The summed E-state index contributed by atoms with van der Waals surface area (Å²) in [5.41, 5.74) is 5.42. The third kappa shape index (κ3) is 3.23. The SMILES string of the molecule is CCn1cc(C(C)=NNc2cccc(C(=O)O)c2)cn1. The van der Waals surface area contributed by atoms with Gasteiger partial charge in [0.2, 0.25) is 0 Å². The Morgan fingerprint density at radius 1 is 1.45 bits per heavy atom. The van der Waals surface area contributed by atoms with Crippen LogP contribution < -0.4 is 5.43 Å². The number of nitrogens with one attached hydrogen (secondary N) is 1. The third-order valence-electron chi connectivity index (χ3n) is 2.84. The van der Waals surface area contributed by atoms with Crippen LogP contribution in [0, 0.1) is 0 Å². The van der Waals surface area contributed by atoms with Gasteiger partial charge in [0.05, 0.1) is 23.2 Å². The second kappa shape index (κ2) is 6.01. The molecular weight excluding hydrogens is 256 g/mol. The molecule has 2 N–H and O–H groups in total. The van der Waals surface area contributed by atoms with Crippen molar-refractivity contribution in [3.8, 4) is 0 Å². The highest BCUT2D eigenvalue weighted by Crippen LogP contribution is 2.11. The predicted octanol–water partition coefficient (Wildman–Crippen LogP) is 2.44. The van der Waals surface area contributed by atoms with Crippen LogP contribution in [0.2, 0.25) is 0 Å². The summed E-state index contributed by atoms with van der Waals surface area (Å²) in [6.07, 6.45) is 3.66. The van der Waals surface area contributed by atoms with E-state index in [9.17, 15) is 4.79 Å². The van der Waals surface area contributed by atoms with E-state index in [1.807, 2.05) is 24.7 Å². The van der Waals surface area contributed by atoms with E-state index in [0.717, 1.165) is 17.8 Å². The molecule has 1 aromatic heterocycles. The average molecular weight is 272 g/mol. The third-order valence-corrected chi connectivity index (χ3v) is 2.84. The summed E-state index contributed by atoms with van der Waals surface area (Å²) >= 11 is 0. The molecule has 0 atom stereocenters. The minimum atomic E-state index is -0.960. The molecule has 0 spiro atoms. The highest BCUT2D eigenvalue weighted by atomic mass is 16.4. The molecule has 6 nitrogen and oxygen atoms in total. The van der Waals surface area contributed by atoms with Gasteiger partial charge < -0.3 is 5.11 Å². The Labute approximate surface area is 116 Å². The second-order valence-electron chi connectivity index (χ2n) is 4.28. The van der Waals surface area contributed by atoms with Gasteiger partial charge in [0.25, 0.3) is 0 Å². The first kappa shape index (κ1) is 13.8. The van der Waals surface area contributed by atoms with E-state index < -0.39 is 5.97 Å². The Morgan fingerprint density at radius 3 is 2.90 bits per heavy atom. The number of hydrazone groups is 1. The van der Waals surface area contributed by atoms with Gasteiger partial charge in [0.15, 0.2) is 0 Å². The van der Waals surface area contributed by atoms with E-state index in [0.29, 0.717) is 5.69 Å². The lowest BCUT2D eigenvalue weighted by Gasteiger charge is -2.03. The quantitative estimate of drug-likeness (QED) is 0.647. The molecule has 2 aromatic rings. The van der Waals surface area contributed by atoms with Gasteiger partial charge >= 0.3 is 5.97 Å². The zero-order chi connectivity index (χ0) is 14.5. The largest absolute Gasteiger partial charge is 0.478 e. The lowest BCUT2D eigenvalue weighted by molar-refractivity contribution is 0.0697. The fourth-order valence-electron chi connectivity index (χ4n) is 1.66. The number of carboxylic acid groups (broad SMARTS) is 1. The summed E-state index contributed by atoms with van der Waals surface area (Å²) < 4.78 is 1.82. The van der Waals surface area contributed by atoms with Gasteiger partial charge in [-0.3, -0.25) is 10.1 Å². The topological polar surface area (TPSA) is 79.5 Å². The van der Waals surface area contributed by atoms with Crippen molar-refractivity contribution in [1.82, 2.24) is 9.78 Å². The summed E-state index contributed by atoms with van der Waals surface area (Å²) in [6, 6.07) is 6.51. The van der Waals surface area contributed by atoms with Gasteiger partial charge in [-0.05, 0) is 32.0 Å². The molecule has 0 fully saturated rings. The van der Waals surface area contributed by atoms with Crippen molar-refractivity contribution in [2.45, 2.75) is 20.4 Å². The van der Waals surface area contributed by atoms with E-state index in [4.69, 9.17) is 5.11 Å². The van der Waals surface area contributed by atoms with Crippen LogP contribution in [0.3, 0.4) is 0 Å². The summed E-state index contributed by atoms with van der Waals surface area (Å²) in [4.78, 5) is 10.9. The molecule has 0 aliphatic carbocycles. The van der Waals surface area contributed by atoms with E-state index >= 15 is 0 Å². The number of anilines is 1. The number of aryl methyl sites for hydroxylation is 1. The lowest BCUT2D eigenvalue weighted by atomic mass is 10.2. The molecule has 0 unspecified atom stereocenters. The van der Waals surface area contributed by atoms with Crippen molar-refractivity contribution < 1.29 is 9.90 Å². The van der Waals surface area contributed by atoms with Gasteiger partial charge in [-0.1, -0.05) is 6.07 Å². The molecule has 1 heterocycles. The zero-order valence-corrected chi connectivity index (χ0v) is 11.4. The van der Waals surface area contributed by atoms with E-state index in [-0.39, 0.29) is 5.56 Å². The number of aromatic nitrogens is 2. The van der Waals surface area contributed by atoms with E-state index in [1.165, 1.54) is 12.1 Å². The zero-order valence-electron chi connectivity index (χ0n) is 11.4. The maximum Gasteiger partial charge on any atom is 0.335 e. The lowest BCUT2D eigenvalue weighted by Crippen LogP contribution is -2.01. The molecule has 20 heavy (non-hydrogen) atoms. The number of carbonyl (C=O) groups is 1. The first-order chi connectivity index (χ1) is 9.60. The molecule has 0 aliphatic rings. The van der Waals surface area contributed by atoms with Crippen molar-refractivity contribution >= 4 is 17.4 Å². The van der Waals surface area contributed by atoms with Crippen LogP contribution in [0.1, 0.15) is 29.8 Å². The highest BCUT2D eigenvalue weighted by Gasteiger charge is 2.04. The fraction of sp³-hybridized carbons (Fsp3) is 0.214. The number of nitrogens with zero attached hydrogens (tertiary/aromatic N) is 3. The van der Waals surface area contributed by atoms with Gasteiger partial charge in [0.1, 0.15) is 0 Å². The summed E-state index contributed by atoms with van der Waals surface area (Å²) in [5.74, 6) is -0.960. The molecule has 6 heteroatoms. The van der Waals surface area contributed by atoms with Gasteiger partial charge in [0, 0.05) is 18.3 Å². The Hall–Kier alpha value is -2.63. The number of aromatic carboxylic acids is 1. The first-order valence-corrected chi connectivity index (χ1v) is 6.26. The molecule has 0 amide bonds. The van der Waals surface area contributed by atoms with Crippen LogP contribution in [0.4, 0.5) is 5.69 Å². The van der Waals surface area contributed by atoms with Crippen LogP contribution in [0.5, 0.6) is 0 Å². The normalized spacial score (nSPS) is 11.4. The predicted molar refractivity (Wildman–Crippen MR) is 77.1 cm³/mol. The van der Waals surface area contributed by atoms with Gasteiger partial charge in [-0.25, -0.2) is 4.79 Å². The minimum Gasteiger partial charge on any atom is -0.478 e. The fourth-order valence-corrected chi connectivity index (χ4v) is 1.66. The monoisotopic (exact) mass is 272 g/mol. The van der Waals surface area contributed by atoms with Crippen LogP contribution in [0.15, 0.2) is 41.8 Å².